The lowest BCUT2D eigenvalue weighted by atomic mass is 9.77. The molecule has 0 saturated heterocycles. The lowest BCUT2D eigenvalue weighted by Gasteiger charge is -2.38. The van der Waals surface area contributed by atoms with E-state index in [2.05, 4.69) is 12.1 Å². The maximum Gasteiger partial charge on any atom is 0.250 e. The van der Waals surface area contributed by atoms with E-state index in [4.69, 9.17) is 9.40 Å². The van der Waals surface area contributed by atoms with Gasteiger partial charge in [0.15, 0.2) is 5.58 Å². The van der Waals surface area contributed by atoms with Gasteiger partial charge in [-0.1, -0.05) is 62.4 Å². The van der Waals surface area contributed by atoms with Crippen LogP contribution in [0.5, 0.6) is 0 Å². The fourth-order valence-electron chi connectivity index (χ4n) is 4.30. The number of fused-ring (bicyclic) bond motifs is 4. The average molecular weight is 344 g/mol. The van der Waals surface area contributed by atoms with Crippen molar-refractivity contribution < 1.29 is 9.52 Å². The molecule has 0 saturated carbocycles. The summed E-state index contributed by atoms with van der Waals surface area (Å²) in [4.78, 5) is 6.64. The van der Waals surface area contributed by atoms with Gasteiger partial charge in [0.2, 0.25) is 11.6 Å². The molecule has 0 fully saturated rings. The van der Waals surface area contributed by atoms with Crippen molar-refractivity contribution in [2.24, 2.45) is 0 Å². The zero-order valence-electron chi connectivity index (χ0n) is 15.0. The average Bonchev–Trinajstić information content (AvgIpc) is 3.17. The van der Waals surface area contributed by atoms with E-state index in [1.165, 1.54) is 0 Å². The number of benzene rings is 3. The maximum atomic E-state index is 11.8. The Morgan fingerprint density at radius 3 is 2.50 bits per heavy atom. The molecule has 4 nitrogen and oxygen atoms in total. The van der Waals surface area contributed by atoms with Crippen molar-refractivity contribution in [2.75, 3.05) is 11.9 Å². The summed E-state index contributed by atoms with van der Waals surface area (Å²) >= 11 is 0. The third-order valence-electron chi connectivity index (χ3n) is 5.88. The Morgan fingerprint density at radius 2 is 1.69 bits per heavy atom. The van der Waals surface area contributed by atoms with E-state index in [0.717, 1.165) is 27.5 Å². The van der Waals surface area contributed by atoms with Gasteiger partial charge in [0.1, 0.15) is 5.52 Å². The van der Waals surface area contributed by atoms with E-state index in [1.807, 2.05) is 74.3 Å². The predicted molar refractivity (Wildman–Crippen MR) is 103 cm³/mol. The monoisotopic (exact) mass is 344 g/mol. The molecule has 2 heterocycles. The van der Waals surface area contributed by atoms with Crippen LogP contribution >= 0.6 is 0 Å². The molecule has 4 aromatic rings. The summed E-state index contributed by atoms with van der Waals surface area (Å²) in [5, 5.41) is 14.0. The molecule has 130 valence electrons. The van der Waals surface area contributed by atoms with E-state index in [1.54, 1.807) is 0 Å². The Bertz CT molecular complexity index is 1160. The van der Waals surface area contributed by atoms with Crippen LogP contribution in [0.25, 0.3) is 21.9 Å². The van der Waals surface area contributed by atoms with Crippen LogP contribution in [0.4, 0.5) is 5.69 Å². The first-order valence-corrected chi connectivity index (χ1v) is 8.79. The van der Waals surface area contributed by atoms with Gasteiger partial charge in [-0.2, -0.15) is 0 Å². The topological polar surface area (TPSA) is 49.5 Å². The Balaban J connectivity index is 1.78. The number of hydrogen-bond acceptors (Lipinski definition) is 4. The van der Waals surface area contributed by atoms with Gasteiger partial charge < -0.3 is 14.4 Å². The molecule has 26 heavy (non-hydrogen) atoms. The molecule has 5 rings (SSSR count). The smallest absolute Gasteiger partial charge is 0.250 e. The van der Waals surface area contributed by atoms with Crippen LogP contribution in [0.3, 0.4) is 0 Å². The molecular formula is C22H20N2O2. The Labute approximate surface area is 151 Å². The van der Waals surface area contributed by atoms with E-state index in [-0.39, 0.29) is 0 Å². The second-order valence-corrected chi connectivity index (χ2v) is 7.53. The number of aromatic nitrogens is 1. The zero-order chi connectivity index (χ0) is 18.1. The van der Waals surface area contributed by atoms with Gasteiger partial charge in [0.05, 0.1) is 0 Å². The van der Waals surface area contributed by atoms with Crippen molar-refractivity contribution in [3.63, 3.8) is 0 Å². The summed E-state index contributed by atoms with van der Waals surface area (Å²) in [7, 11) is 1.89. The largest absolute Gasteiger partial charge is 0.436 e. The molecule has 0 aliphatic carbocycles. The normalized spacial score (nSPS) is 21.5. The van der Waals surface area contributed by atoms with Crippen LogP contribution in [-0.2, 0) is 11.1 Å². The molecule has 1 aromatic heterocycles. The Kier molecular flexibility index (Phi) is 2.88. The SMILES string of the molecule is CN1c2ccccc2C(C)(C)C1(O)c1nc2c(ccc3ccccc32)o1. The minimum atomic E-state index is -1.36. The van der Waals surface area contributed by atoms with Gasteiger partial charge in [-0.15, -0.1) is 0 Å². The Hall–Kier alpha value is -2.85. The van der Waals surface area contributed by atoms with Gasteiger partial charge in [0.25, 0.3) is 0 Å². The molecule has 4 heteroatoms. The summed E-state index contributed by atoms with van der Waals surface area (Å²) in [5.41, 5.74) is 1.61. The summed E-state index contributed by atoms with van der Waals surface area (Å²) in [6, 6.07) is 20.1. The highest BCUT2D eigenvalue weighted by molar-refractivity contribution is 6.03. The van der Waals surface area contributed by atoms with Crippen molar-refractivity contribution >= 4 is 27.6 Å². The maximum absolute atomic E-state index is 11.8. The number of rotatable bonds is 1. The van der Waals surface area contributed by atoms with E-state index in [0.29, 0.717) is 11.5 Å². The molecule has 1 atom stereocenters. The summed E-state index contributed by atoms with van der Waals surface area (Å²) in [6.07, 6.45) is 0. The second-order valence-electron chi connectivity index (χ2n) is 7.53. The molecule has 1 unspecified atom stereocenters. The highest BCUT2D eigenvalue weighted by atomic mass is 16.4. The van der Waals surface area contributed by atoms with Crippen LogP contribution in [-0.4, -0.2) is 17.1 Å². The number of nitrogens with zero attached hydrogens (tertiary/aromatic N) is 2. The van der Waals surface area contributed by atoms with Crippen molar-refractivity contribution in [2.45, 2.75) is 25.0 Å². The number of hydrogen-bond donors (Lipinski definition) is 1. The lowest BCUT2D eigenvalue weighted by Crippen LogP contribution is -2.51. The van der Waals surface area contributed by atoms with Crippen molar-refractivity contribution in [1.29, 1.82) is 0 Å². The molecule has 1 N–H and O–H groups in total. The molecule has 1 aliphatic heterocycles. The van der Waals surface area contributed by atoms with E-state index < -0.39 is 11.1 Å². The summed E-state index contributed by atoms with van der Waals surface area (Å²) in [5.74, 6) is 0.326. The van der Waals surface area contributed by atoms with Crippen LogP contribution in [0.2, 0.25) is 0 Å². The number of anilines is 1. The minimum absolute atomic E-state index is 0.326. The van der Waals surface area contributed by atoms with Crippen molar-refractivity contribution in [3.8, 4) is 0 Å². The zero-order valence-corrected chi connectivity index (χ0v) is 15.0. The number of aliphatic hydroxyl groups is 1. The molecule has 3 aromatic carbocycles. The second kappa shape index (κ2) is 4.86. The molecule has 0 amide bonds. The molecule has 0 spiro atoms. The van der Waals surface area contributed by atoms with E-state index >= 15 is 0 Å². The standard InChI is InChI=1S/C22H20N2O2/c1-21(2)16-10-6-7-11-17(16)24(3)22(21,25)20-23-19-15-9-5-4-8-14(15)12-13-18(19)26-20/h4-13,25H,1-3H3. The van der Waals surface area contributed by atoms with Crippen LogP contribution in [0, 0.1) is 0 Å². The Morgan fingerprint density at radius 1 is 0.962 bits per heavy atom. The highest BCUT2D eigenvalue weighted by Gasteiger charge is 2.59. The lowest BCUT2D eigenvalue weighted by molar-refractivity contribution is -0.0404. The summed E-state index contributed by atoms with van der Waals surface area (Å²) in [6.45, 7) is 4.06. The first kappa shape index (κ1) is 15.4. The molecule has 1 aliphatic rings. The summed E-state index contributed by atoms with van der Waals surface area (Å²) < 4.78 is 6.10. The predicted octanol–water partition coefficient (Wildman–Crippen LogP) is 4.55. The van der Waals surface area contributed by atoms with Gasteiger partial charge >= 0.3 is 0 Å². The first-order chi connectivity index (χ1) is 12.4. The van der Waals surface area contributed by atoms with Gasteiger partial charge in [-0.05, 0) is 23.1 Å². The number of para-hydroxylation sites is 1. The third kappa shape index (κ3) is 1.70. The molecule has 0 bridgehead atoms. The molecular weight excluding hydrogens is 324 g/mol. The number of likely N-dealkylation sites (N-methyl/N-ethyl adjacent to an activating group) is 1. The van der Waals surface area contributed by atoms with Gasteiger partial charge in [0, 0.05) is 23.5 Å². The van der Waals surface area contributed by atoms with Gasteiger partial charge in [-0.25, -0.2) is 4.98 Å². The highest BCUT2D eigenvalue weighted by Crippen LogP contribution is 2.54. The van der Waals surface area contributed by atoms with Crippen molar-refractivity contribution in [1.82, 2.24) is 4.98 Å². The first-order valence-electron chi connectivity index (χ1n) is 8.79. The van der Waals surface area contributed by atoms with Gasteiger partial charge in [-0.3, -0.25) is 0 Å². The van der Waals surface area contributed by atoms with Crippen molar-refractivity contribution in [3.05, 3.63) is 72.1 Å². The van der Waals surface area contributed by atoms with Crippen LogP contribution in [0.15, 0.2) is 65.1 Å². The van der Waals surface area contributed by atoms with Crippen LogP contribution < -0.4 is 4.90 Å². The van der Waals surface area contributed by atoms with Crippen LogP contribution in [0.1, 0.15) is 25.3 Å². The quantitative estimate of drug-likeness (QED) is 0.550. The number of oxazole rings is 1. The minimum Gasteiger partial charge on any atom is -0.436 e. The fourth-order valence-corrected chi connectivity index (χ4v) is 4.30. The molecule has 0 radical (unpaired) electrons. The van der Waals surface area contributed by atoms with E-state index in [9.17, 15) is 5.11 Å². The third-order valence-corrected chi connectivity index (χ3v) is 5.88. The fraction of sp³-hybridized carbons (Fsp3) is 0.227.